The van der Waals surface area contributed by atoms with E-state index in [4.69, 9.17) is 4.74 Å². The smallest absolute Gasteiger partial charge is 0.233 e. The highest BCUT2D eigenvalue weighted by Crippen LogP contribution is 2.28. The highest BCUT2D eigenvalue weighted by molar-refractivity contribution is 8.01. The summed E-state index contributed by atoms with van der Waals surface area (Å²) in [5.74, 6) is 0.500. The summed E-state index contributed by atoms with van der Waals surface area (Å²) in [5.41, 5.74) is 1.14. The highest BCUT2D eigenvalue weighted by Gasteiger charge is 2.20. The molecule has 1 saturated heterocycles. The fourth-order valence-corrected chi connectivity index (χ4v) is 4.47. The molecule has 140 valence electrons. The minimum atomic E-state index is 0.122. The summed E-state index contributed by atoms with van der Waals surface area (Å²) in [6.07, 6.45) is 0. The van der Waals surface area contributed by atoms with Gasteiger partial charge < -0.3 is 14.5 Å². The van der Waals surface area contributed by atoms with Crippen molar-refractivity contribution in [1.82, 2.24) is 15.1 Å². The monoisotopic (exact) mass is 392 g/mol. The Kier molecular flexibility index (Phi) is 6.87. The number of nitrogens with zero attached hydrogens (tertiary/aromatic N) is 4. The van der Waals surface area contributed by atoms with Gasteiger partial charge in [0.1, 0.15) is 0 Å². The molecule has 2 heterocycles. The first-order valence-electron chi connectivity index (χ1n) is 8.76. The third-order valence-corrected chi connectivity index (χ3v) is 6.24. The number of hydrogen-bond donors (Lipinski definition) is 0. The molecule has 1 aliphatic rings. The second-order valence-electron chi connectivity index (χ2n) is 6.34. The molecule has 1 amide bonds. The van der Waals surface area contributed by atoms with Crippen molar-refractivity contribution in [2.24, 2.45) is 0 Å². The van der Waals surface area contributed by atoms with Crippen molar-refractivity contribution in [3.05, 3.63) is 35.9 Å². The van der Waals surface area contributed by atoms with E-state index >= 15 is 0 Å². The minimum absolute atomic E-state index is 0.122. The second kappa shape index (κ2) is 9.34. The second-order valence-corrected chi connectivity index (χ2v) is 8.52. The zero-order valence-electron chi connectivity index (χ0n) is 15.1. The number of thioether (sulfide) groups is 1. The van der Waals surface area contributed by atoms with E-state index in [2.05, 4.69) is 27.2 Å². The molecule has 0 aliphatic carbocycles. The maximum Gasteiger partial charge on any atom is 0.233 e. The number of carbonyl (C=O) groups excluding carboxylic acids is 1. The maximum absolute atomic E-state index is 12.7. The molecule has 1 aliphatic heterocycles. The number of carbonyl (C=O) groups is 1. The van der Waals surface area contributed by atoms with Gasteiger partial charge in [-0.15, -0.1) is 10.2 Å². The van der Waals surface area contributed by atoms with Gasteiger partial charge in [0.15, 0.2) is 4.34 Å². The van der Waals surface area contributed by atoms with Gasteiger partial charge in [-0.2, -0.15) is 0 Å². The van der Waals surface area contributed by atoms with Crippen LogP contribution in [0, 0.1) is 0 Å². The number of aromatic nitrogens is 2. The van der Waals surface area contributed by atoms with E-state index in [-0.39, 0.29) is 11.9 Å². The highest BCUT2D eigenvalue weighted by atomic mass is 32.2. The van der Waals surface area contributed by atoms with Crippen LogP contribution in [0.25, 0.3) is 0 Å². The van der Waals surface area contributed by atoms with Crippen molar-refractivity contribution in [2.75, 3.05) is 37.0 Å². The number of hydrogen-bond acceptors (Lipinski definition) is 7. The first-order chi connectivity index (χ1) is 12.6. The summed E-state index contributed by atoms with van der Waals surface area (Å²) >= 11 is 3.01. The lowest BCUT2D eigenvalue weighted by atomic mass is 10.2. The average Bonchev–Trinajstić information content (AvgIpc) is 3.14. The fourth-order valence-electron chi connectivity index (χ4n) is 2.69. The first kappa shape index (κ1) is 19.1. The van der Waals surface area contributed by atoms with Gasteiger partial charge in [0.05, 0.1) is 19.0 Å². The van der Waals surface area contributed by atoms with E-state index in [9.17, 15) is 4.79 Å². The Bertz CT molecular complexity index is 702. The van der Waals surface area contributed by atoms with Crippen LogP contribution in [0.15, 0.2) is 34.7 Å². The molecular weight excluding hydrogens is 368 g/mol. The van der Waals surface area contributed by atoms with E-state index in [1.54, 1.807) is 11.3 Å². The Hall–Kier alpha value is -1.64. The summed E-state index contributed by atoms with van der Waals surface area (Å²) in [6, 6.07) is 10.2. The van der Waals surface area contributed by atoms with Gasteiger partial charge in [-0.3, -0.25) is 4.79 Å². The molecule has 6 nitrogen and oxygen atoms in total. The third kappa shape index (κ3) is 5.18. The van der Waals surface area contributed by atoms with Crippen molar-refractivity contribution >= 4 is 34.1 Å². The van der Waals surface area contributed by atoms with Crippen molar-refractivity contribution < 1.29 is 9.53 Å². The lowest BCUT2D eigenvalue weighted by Gasteiger charge is -2.26. The van der Waals surface area contributed by atoms with Gasteiger partial charge in [0.2, 0.25) is 11.0 Å². The molecule has 0 radical (unpaired) electrons. The number of anilines is 1. The first-order valence-corrected chi connectivity index (χ1v) is 10.6. The van der Waals surface area contributed by atoms with Gasteiger partial charge in [-0.1, -0.05) is 53.4 Å². The van der Waals surface area contributed by atoms with Gasteiger partial charge in [-0.25, -0.2) is 0 Å². The number of amides is 1. The van der Waals surface area contributed by atoms with Crippen LogP contribution < -0.4 is 4.90 Å². The average molecular weight is 393 g/mol. The molecular formula is C18H24N4O2S2. The van der Waals surface area contributed by atoms with Gasteiger partial charge in [0.25, 0.3) is 0 Å². The maximum atomic E-state index is 12.7. The molecule has 3 rings (SSSR count). The van der Waals surface area contributed by atoms with Crippen LogP contribution in [0.4, 0.5) is 5.13 Å². The minimum Gasteiger partial charge on any atom is -0.378 e. The Balaban J connectivity index is 1.55. The Morgan fingerprint density at radius 1 is 1.27 bits per heavy atom. The number of ether oxygens (including phenoxy) is 1. The molecule has 8 heteroatoms. The summed E-state index contributed by atoms with van der Waals surface area (Å²) < 4.78 is 6.20. The van der Waals surface area contributed by atoms with Crippen LogP contribution in [-0.2, 0) is 16.1 Å². The lowest BCUT2D eigenvalue weighted by Crippen LogP contribution is -2.37. The number of benzene rings is 1. The largest absolute Gasteiger partial charge is 0.378 e. The molecule has 0 N–H and O–H groups in total. The Morgan fingerprint density at radius 3 is 2.69 bits per heavy atom. The summed E-state index contributed by atoms with van der Waals surface area (Å²) in [5, 5.41) is 9.40. The van der Waals surface area contributed by atoms with Crippen molar-refractivity contribution in [1.29, 1.82) is 0 Å². The molecule has 1 aromatic heterocycles. The normalized spacial score (nSPS) is 14.7. The van der Waals surface area contributed by atoms with Crippen LogP contribution >= 0.6 is 23.1 Å². The predicted octanol–water partition coefficient (Wildman–Crippen LogP) is 2.90. The lowest BCUT2D eigenvalue weighted by molar-refractivity contribution is -0.130. The zero-order chi connectivity index (χ0) is 18.4. The van der Waals surface area contributed by atoms with Crippen molar-refractivity contribution in [3.63, 3.8) is 0 Å². The van der Waals surface area contributed by atoms with E-state index in [1.807, 2.05) is 36.9 Å². The molecule has 1 aromatic carbocycles. The van der Waals surface area contributed by atoms with E-state index in [0.29, 0.717) is 12.3 Å². The molecule has 0 spiro atoms. The molecule has 26 heavy (non-hydrogen) atoms. The molecule has 0 bridgehead atoms. The van der Waals surface area contributed by atoms with Crippen molar-refractivity contribution in [3.8, 4) is 0 Å². The van der Waals surface area contributed by atoms with Gasteiger partial charge >= 0.3 is 0 Å². The third-order valence-electron chi connectivity index (χ3n) is 4.14. The van der Waals surface area contributed by atoms with Crippen LogP contribution in [0.1, 0.15) is 19.4 Å². The molecule has 1 fully saturated rings. The topological polar surface area (TPSA) is 58.6 Å². The fraction of sp³-hybridized carbons (Fsp3) is 0.500. The summed E-state index contributed by atoms with van der Waals surface area (Å²) in [7, 11) is 0. The van der Waals surface area contributed by atoms with Gasteiger partial charge in [0, 0.05) is 25.7 Å². The van der Waals surface area contributed by atoms with Crippen LogP contribution in [0.5, 0.6) is 0 Å². The Labute approximate surface area is 162 Å². The molecule has 0 atom stereocenters. The van der Waals surface area contributed by atoms with Crippen molar-refractivity contribution in [2.45, 2.75) is 30.8 Å². The molecule has 0 unspecified atom stereocenters. The quantitative estimate of drug-likeness (QED) is 0.676. The summed E-state index contributed by atoms with van der Waals surface area (Å²) in [6.45, 7) is 7.87. The zero-order valence-corrected chi connectivity index (χ0v) is 16.8. The summed E-state index contributed by atoms with van der Waals surface area (Å²) in [4.78, 5) is 16.8. The Morgan fingerprint density at radius 2 is 2.00 bits per heavy atom. The van der Waals surface area contributed by atoms with Crippen LogP contribution in [-0.4, -0.2) is 59.1 Å². The number of rotatable bonds is 7. The number of morpholine rings is 1. The predicted molar refractivity (Wildman–Crippen MR) is 106 cm³/mol. The molecule has 2 aromatic rings. The SMILES string of the molecule is CC(C)N(Cc1ccccc1)C(=O)CSc1nnc(N2CCOCC2)s1. The van der Waals surface area contributed by atoms with E-state index < -0.39 is 0 Å². The van der Waals surface area contributed by atoms with E-state index in [1.165, 1.54) is 11.8 Å². The standard InChI is InChI=1S/C18H24N4O2S2/c1-14(2)22(12-15-6-4-3-5-7-15)16(23)13-25-18-20-19-17(26-18)21-8-10-24-11-9-21/h3-7,14H,8-13H2,1-2H3. The van der Waals surface area contributed by atoms with Gasteiger partial charge in [-0.05, 0) is 19.4 Å². The molecule has 0 saturated carbocycles. The van der Waals surface area contributed by atoms with Crippen LogP contribution in [0.3, 0.4) is 0 Å². The van der Waals surface area contributed by atoms with E-state index in [0.717, 1.165) is 41.3 Å². The van der Waals surface area contributed by atoms with Crippen LogP contribution in [0.2, 0.25) is 0 Å².